The van der Waals surface area contributed by atoms with Crippen molar-refractivity contribution in [3.05, 3.63) is 41.2 Å². The van der Waals surface area contributed by atoms with Gasteiger partial charge in [0, 0.05) is 11.6 Å². The van der Waals surface area contributed by atoms with E-state index in [1.807, 2.05) is 13.0 Å². The SMILES string of the molecule is CC(Sc1nncn1C1CC1)C(=O)c1ccc2c(c1)CCC2. The van der Waals surface area contributed by atoms with E-state index in [1.165, 1.54) is 42.2 Å². The van der Waals surface area contributed by atoms with Gasteiger partial charge in [0.15, 0.2) is 10.9 Å². The third-order valence-corrected chi connectivity index (χ3v) is 5.59. The average Bonchev–Trinajstić information content (AvgIpc) is 3.09. The summed E-state index contributed by atoms with van der Waals surface area (Å²) in [5.74, 6) is 0.185. The van der Waals surface area contributed by atoms with Gasteiger partial charge in [-0.25, -0.2) is 0 Å². The van der Waals surface area contributed by atoms with Gasteiger partial charge in [-0.1, -0.05) is 23.9 Å². The predicted molar refractivity (Wildman–Crippen MR) is 86.4 cm³/mol. The number of hydrogen-bond acceptors (Lipinski definition) is 4. The second kappa shape index (κ2) is 5.54. The lowest BCUT2D eigenvalue weighted by molar-refractivity contribution is 0.0993. The van der Waals surface area contributed by atoms with Crippen molar-refractivity contribution in [3.8, 4) is 0 Å². The van der Waals surface area contributed by atoms with Crippen molar-refractivity contribution in [2.75, 3.05) is 0 Å². The Morgan fingerprint density at radius 1 is 1.32 bits per heavy atom. The number of nitrogens with zero attached hydrogens (tertiary/aromatic N) is 3. The molecule has 1 aromatic heterocycles. The Balaban J connectivity index is 1.51. The molecule has 1 saturated carbocycles. The van der Waals surface area contributed by atoms with E-state index in [4.69, 9.17) is 0 Å². The predicted octanol–water partition coefficient (Wildman–Crippen LogP) is 3.47. The summed E-state index contributed by atoms with van der Waals surface area (Å²) in [7, 11) is 0. The molecule has 0 radical (unpaired) electrons. The molecule has 1 unspecified atom stereocenters. The minimum Gasteiger partial charge on any atom is -0.306 e. The topological polar surface area (TPSA) is 47.8 Å². The fraction of sp³-hybridized carbons (Fsp3) is 0.471. The molecule has 4 nitrogen and oxygen atoms in total. The van der Waals surface area contributed by atoms with Crippen LogP contribution in [-0.2, 0) is 12.8 Å². The van der Waals surface area contributed by atoms with Crippen LogP contribution in [0.4, 0.5) is 0 Å². The van der Waals surface area contributed by atoms with E-state index in [0.717, 1.165) is 23.6 Å². The van der Waals surface area contributed by atoms with E-state index in [-0.39, 0.29) is 11.0 Å². The Kier molecular flexibility index (Phi) is 3.53. The number of thioether (sulfide) groups is 1. The maximum atomic E-state index is 12.7. The van der Waals surface area contributed by atoms with E-state index in [9.17, 15) is 4.79 Å². The molecule has 0 N–H and O–H groups in total. The van der Waals surface area contributed by atoms with Crippen LogP contribution in [0.1, 0.15) is 53.7 Å². The molecular formula is C17H19N3OS. The second-order valence-electron chi connectivity index (χ2n) is 6.21. The highest BCUT2D eigenvalue weighted by Gasteiger charge is 2.28. The molecule has 4 rings (SSSR count). The number of carbonyl (C=O) groups excluding carboxylic acids is 1. The van der Waals surface area contributed by atoms with Crippen LogP contribution >= 0.6 is 11.8 Å². The van der Waals surface area contributed by atoms with Gasteiger partial charge >= 0.3 is 0 Å². The highest BCUT2D eigenvalue weighted by Crippen LogP contribution is 2.38. The molecule has 2 aliphatic carbocycles. The summed E-state index contributed by atoms with van der Waals surface area (Å²) in [6.45, 7) is 1.96. The van der Waals surface area contributed by atoms with E-state index in [1.54, 1.807) is 6.33 Å². The Hall–Kier alpha value is -1.62. The van der Waals surface area contributed by atoms with Crippen LogP contribution in [0, 0.1) is 0 Å². The summed E-state index contributed by atoms with van der Waals surface area (Å²) in [4.78, 5) is 12.7. The summed E-state index contributed by atoms with van der Waals surface area (Å²) >= 11 is 1.52. The standard InChI is InChI=1S/C17H19N3OS/c1-11(22-17-19-18-10-20(17)15-7-8-15)16(21)14-6-5-12-3-2-4-13(12)9-14/h5-6,9-11,15H,2-4,7-8H2,1H3. The van der Waals surface area contributed by atoms with E-state index < -0.39 is 0 Å². The smallest absolute Gasteiger partial charge is 0.191 e. The summed E-state index contributed by atoms with van der Waals surface area (Å²) in [5.41, 5.74) is 3.59. The van der Waals surface area contributed by atoms with Crippen LogP contribution in [0.3, 0.4) is 0 Å². The van der Waals surface area contributed by atoms with Gasteiger partial charge in [0.1, 0.15) is 6.33 Å². The molecular weight excluding hydrogens is 294 g/mol. The zero-order chi connectivity index (χ0) is 15.1. The lowest BCUT2D eigenvalue weighted by Gasteiger charge is -2.11. The van der Waals surface area contributed by atoms with Crippen molar-refractivity contribution in [3.63, 3.8) is 0 Å². The maximum absolute atomic E-state index is 12.7. The zero-order valence-corrected chi connectivity index (χ0v) is 13.5. The van der Waals surface area contributed by atoms with Gasteiger partial charge in [-0.15, -0.1) is 10.2 Å². The quantitative estimate of drug-likeness (QED) is 0.626. The molecule has 1 fully saturated rings. The summed E-state index contributed by atoms with van der Waals surface area (Å²) in [6.07, 6.45) is 7.64. The van der Waals surface area contributed by atoms with Crippen LogP contribution in [0.5, 0.6) is 0 Å². The third-order valence-electron chi connectivity index (χ3n) is 4.51. The van der Waals surface area contributed by atoms with E-state index in [2.05, 4.69) is 26.9 Å². The number of hydrogen-bond donors (Lipinski definition) is 0. The van der Waals surface area contributed by atoms with Gasteiger partial charge in [0.25, 0.3) is 0 Å². The van der Waals surface area contributed by atoms with Crippen LogP contribution < -0.4 is 0 Å². The van der Waals surface area contributed by atoms with Crippen molar-refractivity contribution < 1.29 is 4.79 Å². The number of aromatic nitrogens is 3. The Labute approximate surface area is 134 Å². The molecule has 0 aliphatic heterocycles. The first-order chi connectivity index (χ1) is 10.7. The monoisotopic (exact) mass is 313 g/mol. The lowest BCUT2D eigenvalue weighted by atomic mass is 10.0. The number of aryl methyl sites for hydroxylation is 2. The van der Waals surface area contributed by atoms with Crippen molar-refractivity contribution in [2.24, 2.45) is 0 Å². The molecule has 0 spiro atoms. The summed E-state index contributed by atoms with van der Waals surface area (Å²) < 4.78 is 2.11. The number of fused-ring (bicyclic) bond motifs is 1. The van der Waals surface area contributed by atoms with Gasteiger partial charge in [0.05, 0.1) is 5.25 Å². The molecule has 0 saturated heterocycles. The molecule has 0 amide bonds. The van der Waals surface area contributed by atoms with E-state index >= 15 is 0 Å². The third kappa shape index (κ3) is 2.58. The number of carbonyl (C=O) groups is 1. The zero-order valence-electron chi connectivity index (χ0n) is 12.7. The van der Waals surface area contributed by atoms with Crippen LogP contribution in [0.15, 0.2) is 29.7 Å². The van der Waals surface area contributed by atoms with Crippen LogP contribution in [-0.4, -0.2) is 25.8 Å². The number of benzene rings is 1. The van der Waals surface area contributed by atoms with Crippen molar-refractivity contribution in [1.29, 1.82) is 0 Å². The Morgan fingerprint density at radius 3 is 2.95 bits per heavy atom. The van der Waals surface area contributed by atoms with Gasteiger partial charge in [-0.05, 0) is 56.2 Å². The molecule has 0 bridgehead atoms. The Morgan fingerprint density at radius 2 is 2.14 bits per heavy atom. The second-order valence-corrected chi connectivity index (χ2v) is 7.52. The highest BCUT2D eigenvalue weighted by molar-refractivity contribution is 8.00. The minimum atomic E-state index is -0.138. The maximum Gasteiger partial charge on any atom is 0.191 e. The van der Waals surface area contributed by atoms with Crippen LogP contribution in [0.2, 0.25) is 0 Å². The first-order valence-electron chi connectivity index (χ1n) is 7.94. The highest BCUT2D eigenvalue weighted by atomic mass is 32.2. The van der Waals surface area contributed by atoms with Gasteiger partial charge in [-0.3, -0.25) is 4.79 Å². The largest absolute Gasteiger partial charge is 0.306 e. The molecule has 114 valence electrons. The van der Waals surface area contributed by atoms with Crippen molar-refractivity contribution in [1.82, 2.24) is 14.8 Å². The molecule has 2 aliphatic rings. The molecule has 1 heterocycles. The first kappa shape index (κ1) is 14.0. The first-order valence-corrected chi connectivity index (χ1v) is 8.82. The average molecular weight is 313 g/mol. The van der Waals surface area contributed by atoms with Gasteiger partial charge in [0.2, 0.25) is 0 Å². The number of ketones is 1. The lowest BCUT2D eigenvalue weighted by Crippen LogP contribution is -2.15. The summed E-state index contributed by atoms with van der Waals surface area (Å²) in [6, 6.07) is 6.74. The van der Waals surface area contributed by atoms with Gasteiger partial charge < -0.3 is 4.57 Å². The van der Waals surface area contributed by atoms with E-state index in [0.29, 0.717) is 6.04 Å². The molecule has 1 atom stereocenters. The molecule has 2 aromatic rings. The minimum absolute atomic E-state index is 0.138. The van der Waals surface area contributed by atoms with Crippen LogP contribution in [0.25, 0.3) is 0 Å². The number of rotatable bonds is 5. The normalized spacial score (nSPS) is 18.2. The van der Waals surface area contributed by atoms with Gasteiger partial charge in [-0.2, -0.15) is 0 Å². The van der Waals surface area contributed by atoms with Crippen molar-refractivity contribution >= 4 is 17.5 Å². The Bertz CT molecular complexity index is 720. The summed E-state index contributed by atoms with van der Waals surface area (Å²) in [5, 5.41) is 8.90. The number of Topliss-reactive ketones (excluding diaryl/α,β-unsaturated/α-hetero) is 1. The fourth-order valence-corrected chi connectivity index (χ4v) is 4.06. The molecule has 5 heteroatoms. The fourth-order valence-electron chi connectivity index (χ4n) is 3.09. The molecule has 22 heavy (non-hydrogen) atoms. The van der Waals surface area contributed by atoms with Crippen molar-refractivity contribution in [2.45, 2.75) is 55.5 Å². The molecule has 1 aromatic carbocycles.